The van der Waals surface area contributed by atoms with Crippen LogP contribution in [0, 0.1) is 11.3 Å². The summed E-state index contributed by atoms with van der Waals surface area (Å²) in [4.78, 5) is 167. The first kappa shape index (κ1) is 73.5. The predicted molar refractivity (Wildman–Crippen MR) is 364 cm³/mol. The number of rotatable bonds is 12. The summed E-state index contributed by atoms with van der Waals surface area (Å²) in [6.07, 6.45) is 6.84. The van der Waals surface area contributed by atoms with Crippen LogP contribution < -0.4 is 30.7 Å². The molecule has 6 atom stereocenters. The Balaban J connectivity index is 1.10. The molecule has 8 rings (SSSR count). The van der Waals surface area contributed by atoms with Gasteiger partial charge in [-0.25, -0.2) is 9.59 Å². The van der Waals surface area contributed by atoms with Crippen molar-refractivity contribution in [3.63, 3.8) is 0 Å². The SMILES string of the molecule is COc1ccc(CC[C@H]2OC(=O)[C@@H]3CCCCN3C(=O)C(=O)C(C)(C)COC(=O)C=CCCN(C)C(=O)[C@H](CC(C)C)N(C)C(=O)[C@H]3CCCN3C(=O)[C@H](Cc3ccc(C(=O)Nc4cccnc4)cc3)NC(=O)[C@H](c3ccccc3)NC(=O)CCC(=O)Nc3cccc2c3)cc1OC. The second-order valence-electron chi connectivity index (χ2n) is 26.0. The van der Waals surface area contributed by atoms with E-state index in [-0.39, 0.29) is 70.5 Å². The molecule has 3 aliphatic heterocycles. The highest BCUT2D eigenvalue weighted by Gasteiger charge is 2.44. The molecule has 3 aliphatic rings. The summed E-state index contributed by atoms with van der Waals surface area (Å²) in [7, 11) is 6.13. The van der Waals surface area contributed by atoms with E-state index in [1.807, 2.05) is 19.9 Å². The topological polar surface area (TPSA) is 299 Å². The smallest absolute Gasteiger partial charge is 0.330 e. The van der Waals surface area contributed by atoms with Crippen LogP contribution in [0.15, 0.2) is 134 Å². The van der Waals surface area contributed by atoms with E-state index in [2.05, 4.69) is 26.3 Å². The number of likely N-dealkylation sites (N-methyl/N-ethyl adjacent to an activating group) is 2. The summed E-state index contributed by atoms with van der Waals surface area (Å²) >= 11 is 0. The number of hydrogen-bond acceptors (Lipinski definition) is 16. The molecule has 2 bridgehead atoms. The number of ketones is 1. The number of nitrogens with zero attached hydrogens (tertiary/aromatic N) is 5. The second-order valence-corrected chi connectivity index (χ2v) is 26.0. The first-order valence-electron chi connectivity index (χ1n) is 33.2. The molecule has 2 fully saturated rings. The molecule has 4 aromatic carbocycles. The number of amides is 8. The summed E-state index contributed by atoms with van der Waals surface area (Å²) in [5, 5.41) is 11.3. The molecule has 0 radical (unpaired) electrons. The standard InChI is InChI=1S/C74H89N9O15/c1-47(2)41-58-70(91)80(5)38-14-13-26-64(86)97-46-74(3,4)66(87)72(93)83-39-15-12-24-57(83)73(94)98-59(33-29-49-30-34-60(95-7)61(43-49)96-8)52-21-16-22-53(44-52)76-62(84)35-36-63(85)79-65(50-19-10-9-11-20-50)68(89)78-55(69(90)82-40-18-25-56(82)71(92)81(58)6)42-48-27-31-51(32-28-48)67(88)77-54-23-17-37-75-45-54/h9-11,13,16-17,19-23,26-28,30-32,34,37,43-45,47,55-59,65H,12,14-15,18,24-25,29,33,35-36,38-42,46H2,1-8H3,(H,76,84)(H,77,88)(H,78,89)(H,79,85)/t55-,56+,57-,58-,59+,65-/m0/s1. The third-order valence-corrected chi connectivity index (χ3v) is 17.7. The average molecular weight is 1340 g/mol. The molecule has 520 valence electrons. The Hall–Kier alpha value is -10.3. The normalized spacial score (nSPS) is 21.8. The maximum atomic E-state index is 15.3. The Morgan fingerprint density at radius 2 is 1.42 bits per heavy atom. The molecule has 8 amide bonds. The quantitative estimate of drug-likeness (QED) is 0.0688. The first-order valence-corrected chi connectivity index (χ1v) is 33.2. The van der Waals surface area contributed by atoms with Gasteiger partial charge in [0.05, 0.1) is 31.5 Å². The molecular weight excluding hydrogens is 1250 g/mol. The number of esters is 2. The molecule has 24 nitrogen and oxygen atoms in total. The Labute approximate surface area is 571 Å². The summed E-state index contributed by atoms with van der Waals surface area (Å²) < 4.78 is 22.9. The minimum absolute atomic E-state index is 0.0659. The van der Waals surface area contributed by atoms with Crippen molar-refractivity contribution >= 4 is 76.4 Å². The van der Waals surface area contributed by atoms with Gasteiger partial charge in [-0.15, -0.1) is 0 Å². The highest BCUT2D eigenvalue weighted by molar-refractivity contribution is 6.38. The van der Waals surface area contributed by atoms with Gasteiger partial charge in [-0.05, 0) is 148 Å². The van der Waals surface area contributed by atoms with E-state index < -0.39 is 120 Å². The number of piperidine rings is 1. The average Bonchev–Trinajstić information content (AvgIpc) is 1.38. The number of nitrogens with one attached hydrogen (secondary N) is 4. The monoisotopic (exact) mass is 1340 g/mol. The van der Waals surface area contributed by atoms with Crippen molar-refractivity contribution in [3.8, 4) is 11.5 Å². The van der Waals surface area contributed by atoms with Gasteiger partial charge in [-0.1, -0.05) is 80.6 Å². The maximum Gasteiger partial charge on any atom is 0.330 e. The lowest BCUT2D eigenvalue weighted by Gasteiger charge is -2.36. The van der Waals surface area contributed by atoms with E-state index >= 15 is 4.79 Å². The number of aryl methyl sites for hydroxylation is 1. The van der Waals surface area contributed by atoms with Crippen LogP contribution >= 0.6 is 0 Å². The first-order chi connectivity index (χ1) is 46.9. The van der Waals surface area contributed by atoms with Gasteiger partial charge >= 0.3 is 11.9 Å². The molecule has 0 saturated carbocycles. The molecule has 0 unspecified atom stereocenters. The zero-order valence-corrected chi connectivity index (χ0v) is 56.9. The summed E-state index contributed by atoms with van der Waals surface area (Å²) in [6, 6.07) is 24.3. The molecule has 0 aliphatic carbocycles. The van der Waals surface area contributed by atoms with Crippen molar-refractivity contribution in [3.05, 3.63) is 162 Å². The van der Waals surface area contributed by atoms with Gasteiger partial charge < -0.3 is 59.8 Å². The number of ether oxygens (including phenoxy) is 4. The number of anilines is 2. The lowest BCUT2D eigenvalue weighted by Crippen LogP contribution is -2.58. The third-order valence-electron chi connectivity index (χ3n) is 17.7. The van der Waals surface area contributed by atoms with Crippen LogP contribution in [-0.4, -0.2) is 168 Å². The predicted octanol–water partition coefficient (Wildman–Crippen LogP) is 7.67. The highest BCUT2D eigenvalue weighted by Crippen LogP contribution is 2.33. The molecule has 24 heteroatoms. The molecule has 4 heterocycles. The third kappa shape index (κ3) is 19.7. The minimum Gasteiger partial charge on any atom is -0.493 e. The number of carbonyl (C=O) groups excluding carboxylic acids is 11. The van der Waals surface area contributed by atoms with Gasteiger partial charge in [0, 0.05) is 76.5 Å². The van der Waals surface area contributed by atoms with E-state index in [0.29, 0.717) is 70.8 Å². The van der Waals surface area contributed by atoms with Gasteiger partial charge in [0.2, 0.25) is 41.2 Å². The number of hydrogen-bond donors (Lipinski definition) is 4. The maximum absolute atomic E-state index is 15.3. The van der Waals surface area contributed by atoms with Crippen LogP contribution in [0.4, 0.5) is 11.4 Å². The zero-order chi connectivity index (χ0) is 70.6. The Morgan fingerprint density at radius 1 is 0.714 bits per heavy atom. The molecule has 5 aromatic rings. The van der Waals surface area contributed by atoms with Gasteiger partial charge in [-0.2, -0.15) is 0 Å². The van der Waals surface area contributed by atoms with Gasteiger partial charge in [0.1, 0.15) is 42.9 Å². The summed E-state index contributed by atoms with van der Waals surface area (Å²) in [6.45, 7) is 6.62. The van der Waals surface area contributed by atoms with Crippen molar-refractivity contribution in [1.82, 2.24) is 35.2 Å². The number of pyridine rings is 1. The minimum atomic E-state index is -1.53. The largest absolute Gasteiger partial charge is 0.493 e. The number of fused-ring (bicyclic) bond motifs is 4. The van der Waals surface area contributed by atoms with Gasteiger partial charge in [0.15, 0.2) is 11.5 Å². The van der Waals surface area contributed by atoms with Crippen molar-refractivity contribution in [1.29, 1.82) is 0 Å². The fourth-order valence-electron chi connectivity index (χ4n) is 12.2. The Morgan fingerprint density at radius 3 is 2.13 bits per heavy atom. The highest BCUT2D eigenvalue weighted by atomic mass is 16.5. The molecule has 2 saturated heterocycles. The molecule has 0 spiro atoms. The van der Waals surface area contributed by atoms with Crippen molar-refractivity contribution < 1.29 is 71.7 Å². The molecular formula is C74H89N9O15. The second kappa shape index (κ2) is 34.6. The number of methoxy groups -OCH3 is 2. The van der Waals surface area contributed by atoms with Crippen LogP contribution in [0.25, 0.3) is 0 Å². The molecule has 1 aromatic heterocycles. The van der Waals surface area contributed by atoms with Crippen molar-refractivity contribution in [2.45, 2.75) is 141 Å². The fraction of sp³-hybridized carbons (Fsp3) is 0.432. The summed E-state index contributed by atoms with van der Waals surface area (Å²) in [5.74, 6) is -6.42. The van der Waals surface area contributed by atoms with E-state index in [9.17, 15) is 47.9 Å². The number of Topliss-reactive ketones (excluding diaryl/α,β-unsaturated/α-hetero) is 1. The lowest BCUT2D eigenvalue weighted by atomic mass is 9.87. The van der Waals surface area contributed by atoms with Crippen molar-refractivity contribution in [2.75, 3.05) is 65.2 Å². The van der Waals surface area contributed by atoms with Gasteiger partial charge in [-0.3, -0.25) is 48.1 Å². The Kier molecular flexibility index (Phi) is 26.0. The molecule has 4 N–H and O–H groups in total. The number of cyclic esters (lactones) is 2. The van der Waals surface area contributed by atoms with Gasteiger partial charge in [0.25, 0.3) is 11.8 Å². The van der Waals surface area contributed by atoms with E-state index in [1.54, 1.807) is 116 Å². The van der Waals surface area contributed by atoms with Crippen LogP contribution in [0.3, 0.4) is 0 Å². The van der Waals surface area contributed by atoms with E-state index in [1.165, 1.54) is 67.0 Å². The van der Waals surface area contributed by atoms with E-state index in [4.69, 9.17) is 18.9 Å². The van der Waals surface area contributed by atoms with Crippen LogP contribution in [0.1, 0.15) is 137 Å². The summed E-state index contributed by atoms with van der Waals surface area (Å²) in [5.41, 5.74) is 1.73. The number of carbonyl (C=O) groups is 11. The molecule has 98 heavy (non-hydrogen) atoms. The van der Waals surface area contributed by atoms with Crippen LogP contribution in [-0.2, 0) is 70.3 Å². The number of benzene rings is 4. The number of aromatic nitrogens is 1. The van der Waals surface area contributed by atoms with Crippen LogP contribution in [0.2, 0.25) is 0 Å². The zero-order valence-electron chi connectivity index (χ0n) is 56.9. The fourth-order valence-corrected chi connectivity index (χ4v) is 12.2. The van der Waals surface area contributed by atoms with Crippen LogP contribution in [0.5, 0.6) is 11.5 Å². The van der Waals surface area contributed by atoms with E-state index in [0.717, 1.165) is 11.6 Å². The lowest BCUT2D eigenvalue weighted by molar-refractivity contribution is -0.165. The Bertz CT molecular complexity index is 3710. The van der Waals surface area contributed by atoms with Crippen molar-refractivity contribution in [2.24, 2.45) is 11.3 Å².